The molecule has 0 N–H and O–H groups in total. The minimum Gasteiger partial charge on any atom is -0.491 e. The summed E-state index contributed by atoms with van der Waals surface area (Å²) in [6.07, 6.45) is -4.63. The zero-order valence-electron chi connectivity index (χ0n) is 17.5. The molecule has 0 heterocycles. The number of alkyl halides is 3. The number of carbonyl (C=O) groups is 1. The molecule has 2 aromatic carbocycles. The lowest BCUT2D eigenvalue weighted by Gasteiger charge is -2.17. The summed E-state index contributed by atoms with van der Waals surface area (Å²) in [5.41, 5.74) is 0.160. The highest BCUT2D eigenvalue weighted by atomic mass is 32.2. The molecule has 0 saturated carbocycles. The molecule has 0 spiro atoms. The maximum Gasteiger partial charge on any atom is 0.416 e. The van der Waals surface area contributed by atoms with Crippen molar-refractivity contribution < 1.29 is 36.9 Å². The van der Waals surface area contributed by atoms with Gasteiger partial charge in [0.05, 0.1) is 12.2 Å². The van der Waals surface area contributed by atoms with Crippen molar-refractivity contribution in [1.82, 2.24) is 0 Å². The van der Waals surface area contributed by atoms with Gasteiger partial charge in [-0.05, 0) is 61.9 Å². The second kappa shape index (κ2) is 11.9. The van der Waals surface area contributed by atoms with Gasteiger partial charge in [-0.25, -0.2) is 4.79 Å². The zero-order valence-corrected chi connectivity index (χ0v) is 18.3. The number of aryl methyl sites for hydroxylation is 1. The van der Waals surface area contributed by atoms with Crippen molar-refractivity contribution in [3.8, 4) is 11.5 Å². The van der Waals surface area contributed by atoms with Gasteiger partial charge in [-0.3, -0.25) is 0 Å². The Kier molecular flexibility index (Phi) is 9.51. The van der Waals surface area contributed by atoms with Gasteiger partial charge in [0.15, 0.2) is 6.61 Å². The summed E-state index contributed by atoms with van der Waals surface area (Å²) in [5, 5.41) is 0. The Morgan fingerprint density at radius 2 is 1.81 bits per heavy atom. The standard InChI is InChI=1S/C22H25F3O5S/c1-4-28-21(26)13-30-20-10-9-19(11-15(20)2)31-14-18(27-3)12-29-17-7-5-16(6-8-17)22(23,24)25/h5-11,18H,4,12-14H2,1-3H3. The largest absolute Gasteiger partial charge is 0.491 e. The number of hydrogen-bond donors (Lipinski definition) is 0. The van der Waals surface area contributed by atoms with E-state index < -0.39 is 17.7 Å². The van der Waals surface area contributed by atoms with Gasteiger partial charge in [0.1, 0.15) is 24.2 Å². The molecule has 5 nitrogen and oxygen atoms in total. The quantitative estimate of drug-likeness (QED) is 0.343. The third-order valence-corrected chi connectivity index (χ3v) is 5.31. The van der Waals surface area contributed by atoms with Crippen LogP contribution in [0.1, 0.15) is 18.1 Å². The normalized spacial score (nSPS) is 12.3. The molecule has 0 bridgehead atoms. The van der Waals surface area contributed by atoms with Crippen LogP contribution in [-0.4, -0.2) is 44.8 Å². The molecule has 0 aliphatic carbocycles. The van der Waals surface area contributed by atoms with Crippen LogP contribution in [-0.2, 0) is 20.4 Å². The van der Waals surface area contributed by atoms with Gasteiger partial charge in [-0.2, -0.15) is 13.2 Å². The minimum atomic E-state index is -4.37. The van der Waals surface area contributed by atoms with E-state index >= 15 is 0 Å². The molecular formula is C22H25F3O5S. The van der Waals surface area contributed by atoms with Crippen molar-refractivity contribution >= 4 is 17.7 Å². The first-order valence-electron chi connectivity index (χ1n) is 9.57. The lowest BCUT2D eigenvalue weighted by molar-refractivity contribution is -0.145. The average molecular weight is 458 g/mol. The molecule has 0 aliphatic rings. The maximum absolute atomic E-state index is 12.6. The van der Waals surface area contributed by atoms with E-state index in [2.05, 4.69) is 0 Å². The van der Waals surface area contributed by atoms with Gasteiger partial charge >= 0.3 is 12.1 Å². The van der Waals surface area contributed by atoms with Crippen LogP contribution < -0.4 is 9.47 Å². The van der Waals surface area contributed by atoms with Crippen LogP contribution in [0.4, 0.5) is 13.2 Å². The monoisotopic (exact) mass is 458 g/mol. The molecular weight excluding hydrogens is 433 g/mol. The fraction of sp³-hybridized carbons (Fsp3) is 0.409. The van der Waals surface area contributed by atoms with E-state index in [4.69, 9.17) is 18.9 Å². The lowest BCUT2D eigenvalue weighted by Crippen LogP contribution is -2.23. The van der Waals surface area contributed by atoms with Crippen molar-refractivity contribution in [1.29, 1.82) is 0 Å². The Balaban J connectivity index is 1.83. The summed E-state index contributed by atoms with van der Waals surface area (Å²) in [6.45, 7) is 3.98. The van der Waals surface area contributed by atoms with E-state index in [0.717, 1.165) is 22.6 Å². The van der Waals surface area contributed by atoms with E-state index in [1.54, 1.807) is 31.9 Å². The lowest BCUT2D eigenvalue weighted by atomic mass is 10.2. The number of thioether (sulfide) groups is 1. The Hall–Kier alpha value is -2.39. The Bertz CT molecular complexity index is 840. The summed E-state index contributed by atoms with van der Waals surface area (Å²) in [7, 11) is 1.55. The second-order valence-corrected chi connectivity index (χ2v) is 7.62. The second-order valence-electron chi connectivity index (χ2n) is 6.52. The van der Waals surface area contributed by atoms with Crippen molar-refractivity contribution in [2.45, 2.75) is 31.0 Å². The van der Waals surface area contributed by atoms with Crippen LogP contribution >= 0.6 is 11.8 Å². The van der Waals surface area contributed by atoms with Crippen molar-refractivity contribution in [3.63, 3.8) is 0 Å². The van der Waals surface area contributed by atoms with Gasteiger partial charge in [0.2, 0.25) is 0 Å². The number of hydrogen-bond acceptors (Lipinski definition) is 6. The van der Waals surface area contributed by atoms with Crippen LogP contribution in [0.2, 0.25) is 0 Å². The fourth-order valence-corrected chi connectivity index (χ4v) is 3.55. The van der Waals surface area contributed by atoms with Crippen molar-refractivity contribution in [3.05, 3.63) is 53.6 Å². The molecule has 0 aliphatic heterocycles. The summed E-state index contributed by atoms with van der Waals surface area (Å²) < 4.78 is 59.1. The number of ether oxygens (including phenoxy) is 4. The molecule has 170 valence electrons. The van der Waals surface area contributed by atoms with E-state index in [-0.39, 0.29) is 19.3 Å². The Morgan fingerprint density at radius 3 is 2.39 bits per heavy atom. The molecule has 0 aromatic heterocycles. The predicted molar refractivity (Wildman–Crippen MR) is 112 cm³/mol. The number of rotatable bonds is 11. The smallest absolute Gasteiger partial charge is 0.416 e. The zero-order chi connectivity index (χ0) is 22.9. The fourth-order valence-electron chi connectivity index (χ4n) is 2.52. The summed E-state index contributed by atoms with van der Waals surface area (Å²) in [5.74, 6) is 1.11. The van der Waals surface area contributed by atoms with Gasteiger partial charge in [0.25, 0.3) is 0 Å². The number of esters is 1. The van der Waals surface area contributed by atoms with Gasteiger partial charge in [0, 0.05) is 17.8 Å². The van der Waals surface area contributed by atoms with Gasteiger partial charge in [-0.1, -0.05) is 0 Å². The predicted octanol–water partition coefficient (Wildman–Crippen LogP) is 5.14. The SMILES string of the molecule is CCOC(=O)COc1ccc(SCC(COc2ccc(C(F)(F)F)cc2)OC)cc1C. The van der Waals surface area contributed by atoms with Gasteiger partial charge < -0.3 is 18.9 Å². The number of carbonyl (C=O) groups excluding carboxylic acids is 1. The molecule has 2 rings (SSSR count). The molecule has 1 unspecified atom stereocenters. The summed E-state index contributed by atoms with van der Waals surface area (Å²) in [4.78, 5) is 12.4. The van der Waals surface area contributed by atoms with Crippen LogP contribution in [0, 0.1) is 6.92 Å². The van der Waals surface area contributed by atoms with E-state index in [0.29, 0.717) is 23.9 Å². The van der Waals surface area contributed by atoms with E-state index in [1.807, 2.05) is 19.1 Å². The highest BCUT2D eigenvalue weighted by molar-refractivity contribution is 7.99. The van der Waals surface area contributed by atoms with E-state index in [9.17, 15) is 18.0 Å². The highest BCUT2D eigenvalue weighted by Crippen LogP contribution is 2.30. The van der Waals surface area contributed by atoms with Crippen LogP contribution in [0.3, 0.4) is 0 Å². The molecule has 9 heteroatoms. The first-order valence-corrected chi connectivity index (χ1v) is 10.6. The third-order valence-electron chi connectivity index (χ3n) is 4.18. The molecule has 0 fully saturated rings. The molecule has 0 radical (unpaired) electrons. The number of benzene rings is 2. The number of halogens is 3. The summed E-state index contributed by atoms with van der Waals surface area (Å²) >= 11 is 1.55. The van der Waals surface area contributed by atoms with Crippen molar-refractivity contribution in [2.75, 3.05) is 32.7 Å². The first-order chi connectivity index (χ1) is 14.7. The topological polar surface area (TPSA) is 54.0 Å². The first kappa shape index (κ1) is 24.9. The molecule has 2 aromatic rings. The molecule has 0 amide bonds. The Labute approximate surface area is 183 Å². The van der Waals surface area contributed by atoms with Gasteiger partial charge in [-0.15, -0.1) is 11.8 Å². The third kappa shape index (κ3) is 8.34. The highest BCUT2D eigenvalue weighted by Gasteiger charge is 2.30. The molecule has 31 heavy (non-hydrogen) atoms. The summed E-state index contributed by atoms with van der Waals surface area (Å²) in [6, 6.07) is 10.2. The van der Waals surface area contributed by atoms with E-state index in [1.165, 1.54) is 12.1 Å². The molecule has 0 saturated heterocycles. The Morgan fingerprint density at radius 1 is 1.10 bits per heavy atom. The van der Waals surface area contributed by atoms with Crippen LogP contribution in [0.15, 0.2) is 47.4 Å². The maximum atomic E-state index is 12.6. The molecule has 1 atom stereocenters. The minimum absolute atomic E-state index is 0.145. The van der Waals surface area contributed by atoms with Crippen molar-refractivity contribution in [2.24, 2.45) is 0 Å². The van der Waals surface area contributed by atoms with Crippen LogP contribution in [0.25, 0.3) is 0 Å². The average Bonchev–Trinajstić information content (AvgIpc) is 2.73. The number of methoxy groups -OCH3 is 1. The van der Waals surface area contributed by atoms with Crippen LogP contribution in [0.5, 0.6) is 11.5 Å².